The van der Waals surface area contributed by atoms with Gasteiger partial charge in [-0.25, -0.2) is 0 Å². The molecule has 0 saturated heterocycles. The monoisotopic (exact) mass is 307 g/mol. The fourth-order valence-electron chi connectivity index (χ4n) is 2.12. The SMILES string of the molecule is COc1cc(Cl)c(C)cc1NC(=O)Cc1c(C)n[nH]c1C. The molecule has 2 N–H and O–H groups in total. The van der Waals surface area contributed by atoms with E-state index in [0.717, 1.165) is 22.5 Å². The number of halogens is 1. The fraction of sp³-hybridized carbons (Fsp3) is 0.333. The van der Waals surface area contributed by atoms with Crippen LogP contribution in [0.15, 0.2) is 12.1 Å². The zero-order valence-corrected chi connectivity index (χ0v) is 13.3. The number of nitrogens with zero attached hydrogens (tertiary/aromatic N) is 1. The molecule has 5 nitrogen and oxygen atoms in total. The van der Waals surface area contributed by atoms with Crippen LogP contribution in [-0.4, -0.2) is 23.2 Å². The van der Waals surface area contributed by atoms with Crippen molar-refractivity contribution in [1.82, 2.24) is 10.2 Å². The van der Waals surface area contributed by atoms with Gasteiger partial charge < -0.3 is 10.1 Å². The van der Waals surface area contributed by atoms with Crippen molar-refractivity contribution < 1.29 is 9.53 Å². The minimum Gasteiger partial charge on any atom is -0.495 e. The molecule has 0 aliphatic heterocycles. The zero-order chi connectivity index (χ0) is 15.6. The minimum absolute atomic E-state index is 0.123. The van der Waals surface area contributed by atoms with E-state index in [9.17, 15) is 4.79 Å². The quantitative estimate of drug-likeness (QED) is 0.911. The maximum absolute atomic E-state index is 12.2. The molecule has 2 rings (SSSR count). The molecule has 112 valence electrons. The summed E-state index contributed by atoms with van der Waals surface area (Å²) in [5, 5.41) is 10.4. The molecule has 0 radical (unpaired) electrons. The molecule has 0 bridgehead atoms. The first kappa shape index (κ1) is 15.4. The molecule has 2 aromatic rings. The number of aromatic amines is 1. The van der Waals surface area contributed by atoms with Crippen LogP contribution in [0.25, 0.3) is 0 Å². The van der Waals surface area contributed by atoms with E-state index in [1.165, 1.54) is 0 Å². The first-order valence-electron chi connectivity index (χ1n) is 6.56. The number of amides is 1. The molecule has 0 unspecified atom stereocenters. The van der Waals surface area contributed by atoms with E-state index in [1.807, 2.05) is 20.8 Å². The summed E-state index contributed by atoms with van der Waals surface area (Å²) in [6.07, 6.45) is 0.263. The van der Waals surface area contributed by atoms with Gasteiger partial charge in [-0.15, -0.1) is 0 Å². The van der Waals surface area contributed by atoms with Crippen LogP contribution in [0.5, 0.6) is 5.75 Å². The maximum atomic E-state index is 12.2. The number of aryl methyl sites for hydroxylation is 3. The Morgan fingerprint density at radius 3 is 2.67 bits per heavy atom. The summed E-state index contributed by atoms with van der Waals surface area (Å²) in [5.41, 5.74) is 4.15. The second-order valence-electron chi connectivity index (χ2n) is 4.94. The average Bonchev–Trinajstić information content (AvgIpc) is 2.74. The molecule has 0 aliphatic carbocycles. The van der Waals surface area contributed by atoms with E-state index in [4.69, 9.17) is 16.3 Å². The number of H-pyrrole nitrogens is 1. The number of hydrogen-bond acceptors (Lipinski definition) is 3. The van der Waals surface area contributed by atoms with Crippen molar-refractivity contribution in [3.8, 4) is 5.75 Å². The van der Waals surface area contributed by atoms with Gasteiger partial charge in [-0.3, -0.25) is 9.89 Å². The van der Waals surface area contributed by atoms with Crippen molar-refractivity contribution in [1.29, 1.82) is 0 Å². The number of nitrogens with one attached hydrogen (secondary N) is 2. The Hall–Kier alpha value is -2.01. The summed E-state index contributed by atoms with van der Waals surface area (Å²) < 4.78 is 5.25. The molecule has 1 heterocycles. The Labute approximate surface area is 128 Å². The summed E-state index contributed by atoms with van der Waals surface area (Å²) in [6, 6.07) is 3.50. The standard InChI is InChI=1S/C15H18ClN3O2/c1-8-5-13(14(21-4)7-12(8)16)17-15(20)6-11-9(2)18-19-10(11)3/h5,7H,6H2,1-4H3,(H,17,20)(H,18,19). The predicted octanol–water partition coefficient (Wildman–Crippen LogP) is 3.18. The molecule has 0 atom stereocenters. The van der Waals surface area contributed by atoms with Crippen LogP contribution >= 0.6 is 11.6 Å². The summed E-state index contributed by atoms with van der Waals surface area (Å²) >= 11 is 6.05. The highest BCUT2D eigenvalue weighted by atomic mass is 35.5. The van der Waals surface area contributed by atoms with Gasteiger partial charge in [-0.05, 0) is 32.4 Å². The number of anilines is 1. The largest absolute Gasteiger partial charge is 0.495 e. The van der Waals surface area contributed by atoms with E-state index in [1.54, 1.807) is 19.2 Å². The molecular weight excluding hydrogens is 290 g/mol. The third-order valence-corrected chi connectivity index (χ3v) is 3.78. The van der Waals surface area contributed by atoms with Gasteiger partial charge in [0.25, 0.3) is 0 Å². The Balaban J connectivity index is 2.18. The zero-order valence-electron chi connectivity index (χ0n) is 12.5. The second kappa shape index (κ2) is 6.18. The number of ether oxygens (including phenoxy) is 1. The summed E-state index contributed by atoms with van der Waals surface area (Å²) in [5.74, 6) is 0.419. The number of carbonyl (C=O) groups excluding carboxylic acids is 1. The van der Waals surface area contributed by atoms with Gasteiger partial charge in [0, 0.05) is 22.3 Å². The Morgan fingerprint density at radius 2 is 2.10 bits per heavy atom. The number of aromatic nitrogens is 2. The van der Waals surface area contributed by atoms with Crippen LogP contribution in [-0.2, 0) is 11.2 Å². The molecule has 0 fully saturated rings. The Morgan fingerprint density at radius 1 is 1.38 bits per heavy atom. The highest BCUT2D eigenvalue weighted by Gasteiger charge is 2.14. The lowest BCUT2D eigenvalue weighted by atomic mass is 10.1. The van der Waals surface area contributed by atoms with Gasteiger partial charge in [0.05, 0.1) is 24.9 Å². The maximum Gasteiger partial charge on any atom is 0.229 e. The highest BCUT2D eigenvalue weighted by Crippen LogP contribution is 2.31. The number of hydrogen-bond donors (Lipinski definition) is 2. The summed E-state index contributed by atoms with van der Waals surface area (Å²) in [7, 11) is 1.54. The Bertz CT molecular complexity index is 660. The van der Waals surface area contributed by atoms with Crippen LogP contribution in [0.2, 0.25) is 5.02 Å². The van der Waals surface area contributed by atoms with Gasteiger partial charge >= 0.3 is 0 Å². The molecule has 0 saturated carbocycles. The molecule has 1 aromatic heterocycles. The van der Waals surface area contributed by atoms with E-state index in [-0.39, 0.29) is 12.3 Å². The van der Waals surface area contributed by atoms with Gasteiger partial charge in [-0.1, -0.05) is 11.6 Å². The van der Waals surface area contributed by atoms with Crippen molar-refractivity contribution in [3.63, 3.8) is 0 Å². The highest BCUT2D eigenvalue weighted by molar-refractivity contribution is 6.31. The van der Waals surface area contributed by atoms with Gasteiger partial charge in [0.2, 0.25) is 5.91 Å². The number of benzene rings is 1. The van der Waals surface area contributed by atoms with Gasteiger partial charge in [0.15, 0.2) is 0 Å². The Kier molecular flexibility index (Phi) is 4.53. The average molecular weight is 308 g/mol. The third-order valence-electron chi connectivity index (χ3n) is 3.37. The first-order valence-corrected chi connectivity index (χ1v) is 6.94. The lowest BCUT2D eigenvalue weighted by Crippen LogP contribution is -2.16. The van der Waals surface area contributed by atoms with E-state index in [0.29, 0.717) is 16.5 Å². The van der Waals surface area contributed by atoms with Gasteiger partial charge in [0.1, 0.15) is 5.75 Å². The normalized spacial score (nSPS) is 10.5. The second-order valence-corrected chi connectivity index (χ2v) is 5.35. The summed E-state index contributed by atoms with van der Waals surface area (Å²) in [6.45, 7) is 5.65. The molecule has 0 spiro atoms. The minimum atomic E-state index is -0.123. The van der Waals surface area contributed by atoms with Crippen LogP contribution in [0.3, 0.4) is 0 Å². The molecule has 1 amide bonds. The van der Waals surface area contributed by atoms with Crippen molar-refractivity contribution in [2.75, 3.05) is 12.4 Å². The van der Waals surface area contributed by atoms with Crippen molar-refractivity contribution in [2.24, 2.45) is 0 Å². The molecule has 21 heavy (non-hydrogen) atoms. The van der Waals surface area contributed by atoms with E-state index < -0.39 is 0 Å². The fourth-order valence-corrected chi connectivity index (χ4v) is 2.27. The van der Waals surface area contributed by atoms with Gasteiger partial charge in [-0.2, -0.15) is 5.10 Å². The van der Waals surface area contributed by atoms with E-state index in [2.05, 4.69) is 15.5 Å². The first-order chi connectivity index (χ1) is 9.92. The number of methoxy groups -OCH3 is 1. The number of rotatable bonds is 4. The smallest absolute Gasteiger partial charge is 0.229 e. The van der Waals surface area contributed by atoms with Crippen LogP contribution < -0.4 is 10.1 Å². The topological polar surface area (TPSA) is 67.0 Å². The van der Waals surface area contributed by atoms with Crippen LogP contribution in [0, 0.1) is 20.8 Å². The predicted molar refractivity (Wildman–Crippen MR) is 83.1 cm³/mol. The molecular formula is C15H18ClN3O2. The third kappa shape index (κ3) is 3.36. The summed E-state index contributed by atoms with van der Waals surface area (Å²) in [4.78, 5) is 12.2. The molecule has 6 heteroatoms. The van der Waals surface area contributed by atoms with Crippen molar-refractivity contribution >= 4 is 23.2 Å². The lowest BCUT2D eigenvalue weighted by Gasteiger charge is -2.12. The van der Waals surface area contributed by atoms with Crippen LogP contribution in [0.4, 0.5) is 5.69 Å². The lowest BCUT2D eigenvalue weighted by molar-refractivity contribution is -0.115. The molecule has 1 aromatic carbocycles. The number of carbonyl (C=O) groups is 1. The van der Waals surface area contributed by atoms with E-state index >= 15 is 0 Å². The molecule has 0 aliphatic rings. The van der Waals surface area contributed by atoms with Crippen molar-refractivity contribution in [3.05, 3.63) is 39.7 Å². The van der Waals surface area contributed by atoms with Crippen molar-refractivity contribution in [2.45, 2.75) is 27.2 Å². The van der Waals surface area contributed by atoms with Crippen LogP contribution in [0.1, 0.15) is 22.5 Å².